The number of hydrogen-bond acceptors (Lipinski definition) is 7. The zero-order valence-electron chi connectivity index (χ0n) is 11.1. The fourth-order valence-corrected chi connectivity index (χ4v) is 3.35. The van der Waals surface area contributed by atoms with Gasteiger partial charge in [-0.1, -0.05) is 0 Å². The van der Waals surface area contributed by atoms with Gasteiger partial charge in [-0.2, -0.15) is 4.31 Å². The summed E-state index contributed by atoms with van der Waals surface area (Å²) >= 11 is 3.16. The summed E-state index contributed by atoms with van der Waals surface area (Å²) in [4.78, 5) is 3.80. The van der Waals surface area contributed by atoms with Crippen LogP contribution < -0.4 is 11.3 Å². The Balaban J connectivity index is 3.07. The van der Waals surface area contributed by atoms with Crippen molar-refractivity contribution >= 4 is 31.8 Å². The smallest absolute Gasteiger partial charge is 0.246 e. The number of rotatable bonds is 7. The summed E-state index contributed by atoms with van der Waals surface area (Å²) in [7, 11) is -1.06. The number of halogens is 1. The van der Waals surface area contributed by atoms with E-state index in [0.29, 0.717) is 4.47 Å². The maximum atomic E-state index is 12.4. The number of nitrogens with one attached hydrogen (secondary N) is 1. The third kappa shape index (κ3) is 4.11. The number of sulfonamides is 1. The van der Waals surface area contributed by atoms with Gasteiger partial charge >= 0.3 is 0 Å². The van der Waals surface area contributed by atoms with Crippen molar-refractivity contribution in [2.75, 3.05) is 32.7 Å². The van der Waals surface area contributed by atoms with Gasteiger partial charge in [-0.05, 0) is 22.0 Å². The molecule has 0 aliphatic heterocycles. The van der Waals surface area contributed by atoms with Crippen molar-refractivity contribution in [3.05, 3.63) is 16.7 Å². The highest BCUT2D eigenvalue weighted by Crippen LogP contribution is 2.24. The highest BCUT2D eigenvalue weighted by molar-refractivity contribution is 9.10. The lowest BCUT2D eigenvalue weighted by atomic mass is 10.4. The number of nitrogens with two attached hydrogens (primary N) is 1. The molecule has 1 atom stereocenters. The molecule has 8 nitrogen and oxygen atoms in total. The van der Waals surface area contributed by atoms with E-state index in [-0.39, 0.29) is 23.9 Å². The molecule has 1 heterocycles. The molecule has 114 valence electrons. The topological polar surface area (TPSA) is 118 Å². The predicted octanol–water partition coefficient (Wildman–Crippen LogP) is -0.242. The number of aromatic nitrogens is 1. The fraction of sp³-hybridized carbons (Fsp3) is 0.500. The molecule has 0 aromatic carbocycles. The number of aliphatic hydroxyl groups excluding tert-OH is 1. The van der Waals surface area contributed by atoms with E-state index >= 15 is 0 Å². The van der Waals surface area contributed by atoms with Crippen LogP contribution in [0.15, 0.2) is 21.6 Å². The summed E-state index contributed by atoms with van der Waals surface area (Å²) in [5.41, 5.74) is 2.24. The van der Waals surface area contributed by atoms with Crippen LogP contribution in [0.3, 0.4) is 0 Å². The van der Waals surface area contributed by atoms with Crippen LogP contribution in [0.2, 0.25) is 0 Å². The lowest BCUT2D eigenvalue weighted by molar-refractivity contribution is 0.0554. The van der Waals surface area contributed by atoms with E-state index in [1.54, 1.807) is 0 Å². The zero-order chi connectivity index (χ0) is 15.3. The molecular formula is C10H17BrN4O4S. The van der Waals surface area contributed by atoms with Crippen LogP contribution in [0.4, 0.5) is 5.82 Å². The standard InChI is InChI=1S/C10H17BrN4O4S/c1-15(5-8(16)6-19-2)20(17,18)9-3-7(11)4-13-10(9)14-12/h3-4,8,16H,5-6,12H2,1-2H3,(H,13,14). The van der Waals surface area contributed by atoms with E-state index in [9.17, 15) is 13.5 Å². The van der Waals surface area contributed by atoms with E-state index in [1.807, 2.05) is 0 Å². The van der Waals surface area contributed by atoms with Crippen LogP contribution >= 0.6 is 15.9 Å². The number of pyridine rings is 1. The molecule has 4 N–H and O–H groups in total. The van der Waals surface area contributed by atoms with Crippen molar-refractivity contribution in [2.45, 2.75) is 11.0 Å². The number of likely N-dealkylation sites (N-methyl/N-ethyl adjacent to an activating group) is 1. The summed E-state index contributed by atoms with van der Waals surface area (Å²) < 4.78 is 31.1. The Hall–Kier alpha value is -0.780. The second kappa shape index (κ2) is 7.29. The van der Waals surface area contributed by atoms with Gasteiger partial charge in [-0.3, -0.25) is 0 Å². The Morgan fingerprint density at radius 2 is 2.30 bits per heavy atom. The highest BCUT2D eigenvalue weighted by Gasteiger charge is 2.26. The average Bonchev–Trinajstić information content (AvgIpc) is 2.38. The second-order valence-electron chi connectivity index (χ2n) is 4.04. The van der Waals surface area contributed by atoms with Crippen molar-refractivity contribution < 1.29 is 18.3 Å². The van der Waals surface area contributed by atoms with Crippen molar-refractivity contribution in [2.24, 2.45) is 5.84 Å². The molecule has 1 unspecified atom stereocenters. The van der Waals surface area contributed by atoms with E-state index in [0.717, 1.165) is 4.31 Å². The molecule has 0 radical (unpaired) electrons. The molecule has 1 aromatic rings. The molecule has 0 saturated heterocycles. The molecule has 0 saturated carbocycles. The third-order valence-corrected chi connectivity index (χ3v) is 4.74. The second-order valence-corrected chi connectivity index (χ2v) is 6.97. The van der Waals surface area contributed by atoms with Crippen molar-refractivity contribution in [1.82, 2.24) is 9.29 Å². The Bertz CT molecular complexity index is 554. The number of ether oxygens (including phenoxy) is 1. The normalized spacial score (nSPS) is 13.5. The van der Waals surface area contributed by atoms with Gasteiger partial charge in [0.1, 0.15) is 4.90 Å². The largest absolute Gasteiger partial charge is 0.389 e. The van der Waals surface area contributed by atoms with Crippen molar-refractivity contribution in [3.63, 3.8) is 0 Å². The Kier molecular flexibility index (Phi) is 6.30. The summed E-state index contributed by atoms with van der Waals surface area (Å²) in [6.45, 7) is -0.0642. The van der Waals surface area contributed by atoms with Crippen LogP contribution in [0.25, 0.3) is 0 Å². The molecule has 0 fully saturated rings. The lowest BCUT2D eigenvalue weighted by Crippen LogP contribution is -2.36. The predicted molar refractivity (Wildman–Crippen MR) is 77.4 cm³/mol. The van der Waals surface area contributed by atoms with Crippen molar-refractivity contribution in [3.8, 4) is 0 Å². The van der Waals surface area contributed by atoms with Crippen LogP contribution in [0, 0.1) is 0 Å². The Morgan fingerprint density at radius 3 is 2.85 bits per heavy atom. The van der Waals surface area contributed by atoms with E-state index in [1.165, 1.54) is 26.4 Å². The number of anilines is 1. The van der Waals surface area contributed by atoms with Crippen molar-refractivity contribution in [1.29, 1.82) is 0 Å². The van der Waals surface area contributed by atoms with Crippen LogP contribution in [0.1, 0.15) is 0 Å². The summed E-state index contributed by atoms with van der Waals surface area (Å²) in [5.74, 6) is 5.30. The molecule has 10 heteroatoms. The molecule has 20 heavy (non-hydrogen) atoms. The number of hydrogen-bond donors (Lipinski definition) is 3. The summed E-state index contributed by atoms with van der Waals surface area (Å²) in [6, 6.07) is 1.39. The number of nitrogen functional groups attached to an aromatic ring is 1. The van der Waals surface area contributed by atoms with Gasteiger partial charge in [-0.25, -0.2) is 19.2 Å². The lowest BCUT2D eigenvalue weighted by Gasteiger charge is -2.21. The summed E-state index contributed by atoms with van der Waals surface area (Å²) in [5, 5.41) is 9.61. The number of hydrazine groups is 1. The van der Waals surface area contributed by atoms with E-state index in [2.05, 4.69) is 26.3 Å². The Labute approximate surface area is 126 Å². The minimum absolute atomic E-state index is 0.0290. The van der Waals surface area contributed by atoms with Crippen LogP contribution in [0.5, 0.6) is 0 Å². The molecule has 1 rings (SSSR count). The zero-order valence-corrected chi connectivity index (χ0v) is 13.5. The van der Waals surface area contributed by atoms with Gasteiger partial charge in [0.15, 0.2) is 5.82 Å². The molecule has 1 aromatic heterocycles. The third-order valence-electron chi connectivity index (χ3n) is 2.47. The molecular weight excluding hydrogens is 352 g/mol. The van der Waals surface area contributed by atoms with Crippen LogP contribution in [-0.2, 0) is 14.8 Å². The minimum Gasteiger partial charge on any atom is -0.389 e. The average molecular weight is 369 g/mol. The van der Waals surface area contributed by atoms with Gasteiger partial charge in [0.25, 0.3) is 0 Å². The molecule has 0 spiro atoms. The van der Waals surface area contributed by atoms with Gasteiger partial charge in [0.2, 0.25) is 10.0 Å². The van der Waals surface area contributed by atoms with Gasteiger partial charge in [0.05, 0.1) is 12.7 Å². The fourth-order valence-electron chi connectivity index (χ4n) is 1.53. The molecule has 0 bridgehead atoms. The number of aliphatic hydroxyl groups is 1. The number of nitrogens with zero attached hydrogens (tertiary/aromatic N) is 2. The maximum absolute atomic E-state index is 12.4. The van der Waals surface area contributed by atoms with Gasteiger partial charge in [-0.15, -0.1) is 0 Å². The first-order valence-electron chi connectivity index (χ1n) is 5.58. The van der Waals surface area contributed by atoms with Crippen LogP contribution in [-0.4, -0.2) is 56.2 Å². The van der Waals surface area contributed by atoms with E-state index in [4.69, 9.17) is 10.6 Å². The minimum atomic E-state index is -3.83. The first-order valence-corrected chi connectivity index (χ1v) is 7.81. The Morgan fingerprint density at radius 1 is 1.65 bits per heavy atom. The first-order chi connectivity index (χ1) is 9.32. The quantitative estimate of drug-likeness (QED) is 0.448. The van der Waals surface area contributed by atoms with Gasteiger partial charge in [0, 0.05) is 31.4 Å². The van der Waals surface area contributed by atoms with E-state index < -0.39 is 16.1 Å². The molecule has 0 amide bonds. The molecule has 0 aliphatic carbocycles. The SMILES string of the molecule is COCC(O)CN(C)S(=O)(=O)c1cc(Br)cnc1NN. The highest BCUT2D eigenvalue weighted by atomic mass is 79.9. The van der Waals surface area contributed by atoms with Gasteiger partial charge < -0.3 is 15.3 Å². The molecule has 0 aliphatic rings. The monoisotopic (exact) mass is 368 g/mol. The first kappa shape index (κ1) is 17.3. The maximum Gasteiger partial charge on any atom is 0.246 e. The summed E-state index contributed by atoms with van der Waals surface area (Å²) in [6.07, 6.45) is 0.503. The number of methoxy groups -OCH3 is 1.